The van der Waals surface area contributed by atoms with Crippen molar-refractivity contribution in [2.24, 2.45) is 0 Å². The van der Waals surface area contributed by atoms with Crippen molar-refractivity contribution in [3.8, 4) is 11.5 Å². The topological polar surface area (TPSA) is 110 Å². The molecule has 0 saturated carbocycles. The summed E-state index contributed by atoms with van der Waals surface area (Å²) in [6.07, 6.45) is 6.81. The van der Waals surface area contributed by atoms with Crippen LogP contribution in [0.15, 0.2) is 79.1 Å². The maximum Gasteiger partial charge on any atom is 0.207 e. The van der Waals surface area contributed by atoms with Crippen LogP contribution in [0.1, 0.15) is 34.4 Å². The number of hydrogen-bond donors (Lipinski definition) is 3. The largest absolute Gasteiger partial charge is 0.497 e. The predicted octanol–water partition coefficient (Wildman–Crippen LogP) is 5.12. The van der Waals surface area contributed by atoms with E-state index in [1.807, 2.05) is 48.7 Å². The van der Waals surface area contributed by atoms with Crippen molar-refractivity contribution in [1.82, 2.24) is 30.0 Å². The minimum atomic E-state index is -0.384. The Hall–Kier alpha value is -5.05. The lowest BCUT2D eigenvalue weighted by Gasteiger charge is -2.19. The van der Waals surface area contributed by atoms with Gasteiger partial charge in [0.05, 0.1) is 26.8 Å². The number of fused-ring (bicyclic) bond motifs is 2. The third kappa shape index (κ3) is 5.26. The molecule has 0 fully saturated rings. The number of hydrogen-bond acceptors (Lipinski definition) is 5. The van der Waals surface area contributed by atoms with Gasteiger partial charge in [0.15, 0.2) is 5.82 Å². The lowest BCUT2D eigenvalue weighted by molar-refractivity contribution is -0.110. The molecular formula is C32H32N6O3. The smallest absolute Gasteiger partial charge is 0.207 e. The number of carbonyl (C=O) groups is 1. The third-order valence-corrected chi connectivity index (χ3v) is 7.65. The standard InChI is InChI=1S/C32H32N6O3/c1-40-24-13-11-22(30(16-24)41-2)19-38-31(14-12-21-17-33-27-9-5-3-7-25(21)27)36-37-32(38)29(35-20-39)15-23-18-34-28-10-6-4-8-26(23)28/h3-11,13,16-18,20,29,33-34H,12,14-15,19H2,1-2H3,(H,35,39)/t29-/m1/s1. The van der Waals surface area contributed by atoms with Gasteiger partial charge >= 0.3 is 0 Å². The van der Waals surface area contributed by atoms with Crippen LogP contribution in [0.4, 0.5) is 0 Å². The molecule has 3 heterocycles. The Morgan fingerprint density at radius 1 is 0.854 bits per heavy atom. The number of para-hydroxylation sites is 2. The van der Waals surface area contributed by atoms with Crippen LogP contribution in [0.2, 0.25) is 0 Å². The Balaban J connectivity index is 1.37. The van der Waals surface area contributed by atoms with Crippen molar-refractivity contribution in [2.45, 2.75) is 31.8 Å². The predicted molar refractivity (Wildman–Crippen MR) is 158 cm³/mol. The maximum absolute atomic E-state index is 11.8. The van der Waals surface area contributed by atoms with Gasteiger partial charge in [0.25, 0.3) is 0 Å². The van der Waals surface area contributed by atoms with Gasteiger partial charge in [-0.3, -0.25) is 4.79 Å². The van der Waals surface area contributed by atoms with Crippen molar-refractivity contribution in [1.29, 1.82) is 0 Å². The Kier molecular flexibility index (Phi) is 7.40. The minimum absolute atomic E-state index is 0.384. The average molecular weight is 549 g/mol. The highest BCUT2D eigenvalue weighted by Gasteiger charge is 2.24. The summed E-state index contributed by atoms with van der Waals surface area (Å²) < 4.78 is 13.2. The second-order valence-corrected chi connectivity index (χ2v) is 10.00. The Morgan fingerprint density at radius 3 is 2.27 bits per heavy atom. The number of aromatic nitrogens is 5. The molecule has 1 amide bonds. The molecule has 6 aromatic rings. The molecule has 0 unspecified atom stereocenters. The number of aryl methyl sites for hydroxylation is 2. The summed E-state index contributed by atoms with van der Waals surface area (Å²) in [6, 6.07) is 21.8. The first-order chi connectivity index (χ1) is 20.2. The number of H-pyrrole nitrogens is 2. The summed E-state index contributed by atoms with van der Waals surface area (Å²) in [5, 5.41) is 14.6. The molecule has 9 heteroatoms. The highest BCUT2D eigenvalue weighted by Crippen LogP contribution is 2.29. The second kappa shape index (κ2) is 11.6. The van der Waals surface area contributed by atoms with Crippen LogP contribution in [0, 0.1) is 0 Å². The van der Waals surface area contributed by atoms with E-state index in [2.05, 4.69) is 60.5 Å². The molecule has 208 valence electrons. The van der Waals surface area contributed by atoms with E-state index in [0.717, 1.165) is 46.2 Å². The van der Waals surface area contributed by atoms with E-state index in [4.69, 9.17) is 9.47 Å². The molecule has 6 rings (SSSR count). The Bertz CT molecular complexity index is 1800. The first-order valence-electron chi connectivity index (χ1n) is 13.6. The lowest BCUT2D eigenvalue weighted by atomic mass is 10.0. The zero-order valence-electron chi connectivity index (χ0n) is 23.1. The van der Waals surface area contributed by atoms with Gasteiger partial charge in [-0.2, -0.15) is 0 Å². The van der Waals surface area contributed by atoms with E-state index >= 15 is 0 Å². The second-order valence-electron chi connectivity index (χ2n) is 10.00. The van der Waals surface area contributed by atoms with Crippen molar-refractivity contribution in [3.63, 3.8) is 0 Å². The fourth-order valence-electron chi connectivity index (χ4n) is 5.53. The van der Waals surface area contributed by atoms with Gasteiger partial charge in [-0.1, -0.05) is 36.4 Å². The first kappa shape index (κ1) is 26.2. The van der Waals surface area contributed by atoms with Gasteiger partial charge < -0.3 is 29.3 Å². The van der Waals surface area contributed by atoms with Crippen LogP contribution in [0.3, 0.4) is 0 Å². The SMILES string of the molecule is COc1ccc(Cn2c(CCc3c[nH]c4ccccc34)nnc2[C@@H](Cc2c[nH]c3ccccc23)NC=O)c(OC)c1. The Morgan fingerprint density at radius 2 is 1.56 bits per heavy atom. The summed E-state index contributed by atoms with van der Waals surface area (Å²) >= 11 is 0. The number of methoxy groups -OCH3 is 2. The fraction of sp³-hybridized carbons (Fsp3) is 0.219. The zero-order valence-corrected chi connectivity index (χ0v) is 23.1. The average Bonchev–Trinajstić information content (AvgIpc) is 3.73. The van der Waals surface area contributed by atoms with Gasteiger partial charge in [-0.05, 0) is 41.8 Å². The van der Waals surface area contributed by atoms with Gasteiger partial charge in [-0.15, -0.1) is 10.2 Å². The molecular weight excluding hydrogens is 516 g/mol. The van der Waals surface area contributed by atoms with E-state index in [9.17, 15) is 4.79 Å². The molecule has 0 spiro atoms. The summed E-state index contributed by atoms with van der Waals surface area (Å²) in [5.41, 5.74) is 5.44. The van der Waals surface area contributed by atoms with E-state index in [-0.39, 0.29) is 6.04 Å². The third-order valence-electron chi connectivity index (χ3n) is 7.65. The summed E-state index contributed by atoms with van der Waals surface area (Å²) in [4.78, 5) is 18.5. The molecule has 0 saturated heterocycles. The number of carbonyl (C=O) groups excluding carboxylic acids is 1. The lowest BCUT2D eigenvalue weighted by Crippen LogP contribution is -2.26. The minimum Gasteiger partial charge on any atom is -0.497 e. The monoisotopic (exact) mass is 548 g/mol. The molecule has 0 aliphatic carbocycles. The van der Waals surface area contributed by atoms with Crippen LogP contribution in [-0.2, 0) is 30.6 Å². The van der Waals surface area contributed by atoms with Crippen molar-refractivity contribution >= 4 is 28.2 Å². The molecule has 1 atom stereocenters. The molecule has 3 N–H and O–H groups in total. The number of nitrogens with one attached hydrogen (secondary N) is 3. The number of ether oxygens (including phenoxy) is 2. The Labute approximate surface area is 237 Å². The van der Waals surface area contributed by atoms with Crippen LogP contribution < -0.4 is 14.8 Å². The molecule has 0 radical (unpaired) electrons. The van der Waals surface area contributed by atoms with Crippen LogP contribution in [0.5, 0.6) is 11.5 Å². The highest BCUT2D eigenvalue weighted by atomic mass is 16.5. The van der Waals surface area contributed by atoms with E-state index in [0.29, 0.717) is 36.7 Å². The quantitative estimate of drug-likeness (QED) is 0.184. The van der Waals surface area contributed by atoms with Gasteiger partial charge in [0.1, 0.15) is 17.3 Å². The van der Waals surface area contributed by atoms with Gasteiger partial charge in [-0.25, -0.2) is 0 Å². The number of benzene rings is 3. The number of amides is 1. The molecule has 0 bridgehead atoms. The highest BCUT2D eigenvalue weighted by molar-refractivity contribution is 5.83. The summed E-state index contributed by atoms with van der Waals surface area (Å²) in [6.45, 7) is 0.476. The number of rotatable bonds is 12. The van der Waals surface area contributed by atoms with Crippen LogP contribution in [-0.4, -0.2) is 45.4 Å². The molecule has 9 nitrogen and oxygen atoms in total. The van der Waals surface area contributed by atoms with Crippen LogP contribution >= 0.6 is 0 Å². The van der Waals surface area contributed by atoms with Crippen LogP contribution in [0.25, 0.3) is 21.8 Å². The van der Waals surface area contributed by atoms with Crippen molar-refractivity contribution < 1.29 is 14.3 Å². The fourth-order valence-corrected chi connectivity index (χ4v) is 5.53. The van der Waals surface area contributed by atoms with E-state index in [1.54, 1.807) is 14.2 Å². The molecule has 3 aromatic carbocycles. The molecule has 0 aliphatic rings. The van der Waals surface area contributed by atoms with Gasteiger partial charge in [0.2, 0.25) is 6.41 Å². The first-order valence-corrected chi connectivity index (χ1v) is 13.6. The maximum atomic E-state index is 11.8. The number of aromatic amines is 2. The molecule has 0 aliphatic heterocycles. The van der Waals surface area contributed by atoms with Crippen molar-refractivity contribution in [3.05, 3.63) is 107 Å². The summed E-state index contributed by atoms with van der Waals surface area (Å²) in [7, 11) is 3.28. The normalized spacial score (nSPS) is 12.0. The molecule has 3 aromatic heterocycles. The van der Waals surface area contributed by atoms with Gasteiger partial charge in [0, 0.05) is 58.7 Å². The molecule has 41 heavy (non-hydrogen) atoms. The zero-order chi connectivity index (χ0) is 28.2. The van der Waals surface area contributed by atoms with Crippen molar-refractivity contribution in [2.75, 3.05) is 14.2 Å². The summed E-state index contributed by atoms with van der Waals surface area (Å²) in [5.74, 6) is 2.95. The van der Waals surface area contributed by atoms with E-state index < -0.39 is 0 Å². The number of nitrogens with zero attached hydrogens (tertiary/aromatic N) is 3. The van der Waals surface area contributed by atoms with E-state index in [1.165, 1.54) is 10.9 Å².